The van der Waals surface area contributed by atoms with Crippen molar-refractivity contribution in [3.63, 3.8) is 0 Å². The molecule has 0 radical (unpaired) electrons. The fourth-order valence-corrected chi connectivity index (χ4v) is 4.52. The molecule has 0 aromatic carbocycles. The minimum atomic E-state index is -0.381. The first-order valence-electron chi connectivity index (χ1n) is 10.7. The van der Waals surface area contributed by atoms with Gasteiger partial charge in [-0.25, -0.2) is 19.7 Å². The monoisotopic (exact) mass is 418 g/mol. The highest BCUT2D eigenvalue weighted by molar-refractivity contribution is 5.89. The summed E-state index contributed by atoms with van der Waals surface area (Å²) >= 11 is 0. The lowest BCUT2D eigenvalue weighted by atomic mass is 9.78. The van der Waals surface area contributed by atoms with E-state index in [2.05, 4.69) is 26.3 Å². The second-order valence-corrected chi connectivity index (χ2v) is 8.47. The van der Waals surface area contributed by atoms with Crippen molar-refractivity contribution in [3.8, 4) is 11.3 Å². The highest BCUT2D eigenvalue weighted by atomic mass is 16.6. The van der Waals surface area contributed by atoms with E-state index in [1.165, 1.54) is 0 Å². The number of carbonyl (C=O) groups is 1. The fraction of sp³-hybridized carbons (Fsp3) is 0.391. The molecule has 1 aliphatic heterocycles. The van der Waals surface area contributed by atoms with E-state index in [1.807, 2.05) is 48.3 Å². The van der Waals surface area contributed by atoms with Crippen molar-refractivity contribution in [1.29, 1.82) is 0 Å². The summed E-state index contributed by atoms with van der Waals surface area (Å²) in [5.41, 5.74) is 1.71. The minimum absolute atomic E-state index is 0.284. The Labute approximate surface area is 181 Å². The standard InChI is InChI=1S/C23H26N6O2/c1-28-16-24-14-19(28)18-5-6-20(27-13-18)26-12-17-7-9-23(10-8-17)15-29(22(30)31-23)21-4-2-3-11-25-21/h2-6,11,13-14,16-17H,7-10,12,15H2,1H3,(H,26,27). The summed E-state index contributed by atoms with van der Waals surface area (Å²) in [6, 6.07) is 9.66. The molecule has 3 aromatic rings. The minimum Gasteiger partial charge on any atom is -0.441 e. The molecule has 4 heterocycles. The lowest BCUT2D eigenvalue weighted by molar-refractivity contribution is 0.0148. The summed E-state index contributed by atoms with van der Waals surface area (Å²) in [6.07, 6.45) is 10.7. The number of aryl methyl sites for hydroxylation is 1. The zero-order chi connectivity index (χ0) is 21.3. The van der Waals surface area contributed by atoms with Crippen molar-refractivity contribution in [3.05, 3.63) is 55.2 Å². The predicted octanol–water partition coefficient (Wildman–Crippen LogP) is 3.87. The molecular weight excluding hydrogens is 392 g/mol. The number of hydrogen-bond acceptors (Lipinski definition) is 6. The number of ether oxygens (including phenoxy) is 1. The van der Waals surface area contributed by atoms with Crippen molar-refractivity contribution >= 4 is 17.7 Å². The van der Waals surface area contributed by atoms with Crippen LogP contribution in [0.2, 0.25) is 0 Å². The normalized spacial score (nSPS) is 23.2. The molecule has 2 fully saturated rings. The molecule has 1 amide bonds. The summed E-state index contributed by atoms with van der Waals surface area (Å²) in [5.74, 6) is 2.07. The molecule has 8 heteroatoms. The Morgan fingerprint density at radius 3 is 2.71 bits per heavy atom. The molecule has 31 heavy (non-hydrogen) atoms. The Hall–Kier alpha value is -3.42. The van der Waals surface area contributed by atoms with Crippen LogP contribution < -0.4 is 10.2 Å². The highest BCUT2D eigenvalue weighted by Gasteiger charge is 2.47. The van der Waals surface area contributed by atoms with E-state index in [4.69, 9.17) is 4.74 Å². The smallest absolute Gasteiger partial charge is 0.416 e. The number of aromatic nitrogens is 4. The van der Waals surface area contributed by atoms with Gasteiger partial charge in [-0.15, -0.1) is 0 Å². The average Bonchev–Trinajstić information content (AvgIpc) is 3.37. The third-order valence-corrected chi connectivity index (χ3v) is 6.36. The number of amides is 1. The van der Waals surface area contributed by atoms with Crippen molar-refractivity contribution in [1.82, 2.24) is 19.5 Å². The van der Waals surface area contributed by atoms with E-state index < -0.39 is 0 Å². The van der Waals surface area contributed by atoms with E-state index in [0.29, 0.717) is 18.3 Å². The largest absolute Gasteiger partial charge is 0.441 e. The summed E-state index contributed by atoms with van der Waals surface area (Å²) < 4.78 is 7.81. The maximum Gasteiger partial charge on any atom is 0.416 e. The third kappa shape index (κ3) is 3.97. The SMILES string of the molecule is Cn1cncc1-c1ccc(NCC2CCC3(CC2)CN(c2ccccn2)C(=O)O3)nc1. The van der Waals surface area contributed by atoms with Gasteiger partial charge in [0.15, 0.2) is 0 Å². The van der Waals surface area contributed by atoms with E-state index in [0.717, 1.165) is 49.3 Å². The second kappa shape index (κ2) is 8.02. The molecule has 1 spiro atoms. The number of pyridine rings is 2. The van der Waals surface area contributed by atoms with E-state index in [9.17, 15) is 4.79 Å². The van der Waals surface area contributed by atoms with Gasteiger partial charge >= 0.3 is 6.09 Å². The Bertz CT molecular complexity index is 1040. The summed E-state index contributed by atoms with van der Waals surface area (Å²) in [4.78, 5) is 27.1. The van der Waals surface area contributed by atoms with Gasteiger partial charge in [0.05, 0.1) is 24.8 Å². The maximum absolute atomic E-state index is 12.4. The Balaban J connectivity index is 1.14. The number of nitrogens with zero attached hydrogens (tertiary/aromatic N) is 5. The van der Waals surface area contributed by atoms with Crippen LogP contribution in [0.25, 0.3) is 11.3 Å². The van der Waals surface area contributed by atoms with E-state index in [-0.39, 0.29) is 11.7 Å². The predicted molar refractivity (Wildman–Crippen MR) is 118 cm³/mol. The average molecular weight is 419 g/mol. The van der Waals surface area contributed by atoms with Crippen molar-refractivity contribution in [2.24, 2.45) is 13.0 Å². The zero-order valence-corrected chi connectivity index (χ0v) is 17.6. The van der Waals surface area contributed by atoms with Gasteiger partial charge in [-0.2, -0.15) is 0 Å². The van der Waals surface area contributed by atoms with E-state index >= 15 is 0 Å². The molecule has 0 unspecified atom stereocenters. The molecule has 5 rings (SSSR count). The van der Waals surface area contributed by atoms with Gasteiger partial charge in [0, 0.05) is 31.5 Å². The van der Waals surface area contributed by atoms with Gasteiger partial charge < -0.3 is 14.6 Å². The summed E-state index contributed by atoms with van der Waals surface area (Å²) in [6.45, 7) is 1.45. The van der Waals surface area contributed by atoms with Gasteiger partial charge in [0.2, 0.25) is 0 Å². The maximum atomic E-state index is 12.4. The first-order chi connectivity index (χ1) is 15.1. The topological polar surface area (TPSA) is 85.2 Å². The van der Waals surface area contributed by atoms with Crippen LogP contribution in [-0.2, 0) is 11.8 Å². The summed E-state index contributed by atoms with van der Waals surface area (Å²) in [5, 5.41) is 3.46. The molecule has 1 saturated heterocycles. The van der Waals surface area contributed by atoms with Crippen LogP contribution in [0.1, 0.15) is 25.7 Å². The van der Waals surface area contributed by atoms with E-state index in [1.54, 1.807) is 17.4 Å². The number of carbonyl (C=O) groups excluding carboxylic acids is 1. The molecule has 2 aliphatic rings. The molecule has 160 valence electrons. The van der Waals surface area contributed by atoms with Gasteiger partial charge in [-0.3, -0.25) is 4.90 Å². The lowest BCUT2D eigenvalue weighted by Gasteiger charge is -2.35. The second-order valence-electron chi connectivity index (χ2n) is 8.47. The van der Waals surface area contributed by atoms with Crippen LogP contribution in [0.15, 0.2) is 55.2 Å². The zero-order valence-electron chi connectivity index (χ0n) is 17.6. The number of hydrogen-bond donors (Lipinski definition) is 1. The van der Waals surface area contributed by atoms with Crippen LogP contribution in [0, 0.1) is 5.92 Å². The molecule has 0 atom stereocenters. The quantitative estimate of drug-likeness (QED) is 0.677. The molecule has 8 nitrogen and oxygen atoms in total. The number of nitrogens with one attached hydrogen (secondary N) is 1. The first-order valence-corrected chi connectivity index (χ1v) is 10.7. The number of rotatable bonds is 5. The molecule has 1 N–H and O–H groups in total. The Morgan fingerprint density at radius 1 is 1.16 bits per heavy atom. The fourth-order valence-electron chi connectivity index (χ4n) is 4.52. The molecular formula is C23H26N6O2. The van der Waals surface area contributed by atoms with Crippen LogP contribution in [-0.4, -0.2) is 44.3 Å². The Morgan fingerprint density at radius 2 is 2.03 bits per heavy atom. The first kappa shape index (κ1) is 19.5. The van der Waals surface area contributed by atoms with Gasteiger partial charge in [-0.1, -0.05) is 6.07 Å². The summed E-state index contributed by atoms with van der Waals surface area (Å²) in [7, 11) is 1.97. The Kier molecular flexibility index (Phi) is 5.05. The van der Waals surface area contributed by atoms with Gasteiger partial charge in [0.1, 0.15) is 17.2 Å². The van der Waals surface area contributed by atoms with Crippen LogP contribution in [0.4, 0.5) is 16.4 Å². The highest BCUT2D eigenvalue weighted by Crippen LogP contribution is 2.40. The number of anilines is 2. The van der Waals surface area contributed by atoms with Crippen molar-refractivity contribution < 1.29 is 9.53 Å². The van der Waals surface area contributed by atoms with Crippen LogP contribution in [0.3, 0.4) is 0 Å². The van der Waals surface area contributed by atoms with Crippen molar-refractivity contribution in [2.75, 3.05) is 23.3 Å². The molecule has 3 aromatic heterocycles. The van der Waals surface area contributed by atoms with Crippen LogP contribution >= 0.6 is 0 Å². The van der Waals surface area contributed by atoms with Crippen LogP contribution in [0.5, 0.6) is 0 Å². The molecule has 1 saturated carbocycles. The van der Waals surface area contributed by atoms with Gasteiger partial charge in [-0.05, 0) is 55.9 Å². The van der Waals surface area contributed by atoms with Crippen molar-refractivity contribution in [2.45, 2.75) is 31.3 Å². The molecule has 1 aliphatic carbocycles. The number of imidazole rings is 1. The lowest BCUT2D eigenvalue weighted by Crippen LogP contribution is -2.39. The molecule has 0 bridgehead atoms. The van der Waals surface area contributed by atoms with Gasteiger partial charge in [0.25, 0.3) is 0 Å². The third-order valence-electron chi connectivity index (χ3n) is 6.36.